The molecule has 1 fully saturated rings. The van der Waals surface area contributed by atoms with Crippen molar-refractivity contribution < 1.29 is 4.79 Å². The Labute approximate surface area is 189 Å². The summed E-state index contributed by atoms with van der Waals surface area (Å²) in [6, 6.07) is 24.7. The Hall–Kier alpha value is -3.53. The molecule has 0 aliphatic heterocycles. The van der Waals surface area contributed by atoms with Crippen LogP contribution in [0.4, 0.5) is 0 Å². The van der Waals surface area contributed by atoms with E-state index >= 15 is 0 Å². The molecule has 0 spiro atoms. The largest absolute Gasteiger partial charge is 0.331 e. The van der Waals surface area contributed by atoms with Crippen LogP contribution in [0.5, 0.6) is 0 Å². The minimum absolute atomic E-state index is 0.129. The molecule has 3 aromatic carbocycles. The second-order valence-electron chi connectivity index (χ2n) is 8.55. The van der Waals surface area contributed by atoms with Crippen molar-refractivity contribution in [2.75, 3.05) is 0 Å². The van der Waals surface area contributed by atoms with Gasteiger partial charge in [0.25, 0.3) is 5.91 Å². The molecule has 1 aliphatic carbocycles. The van der Waals surface area contributed by atoms with Crippen molar-refractivity contribution in [3.63, 3.8) is 0 Å². The molecule has 0 saturated heterocycles. The Balaban J connectivity index is 1.45. The molecule has 160 valence electrons. The molecular formula is C28H27N3O. The summed E-state index contributed by atoms with van der Waals surface area (Å²) < 4.78 is 0. The number of carbonyl (C=O) groups excluding carboxylic acids is 1. The van der Waals surface area contributed by atoms with Crippen molar-refractivity contribution >= 4 is 16.9 Å². The number of rotatable bonds is 5. The zero-order valence-electron chi connectivity index (χ0n) is 18.2. The lowest BCUT2D eigenvalue weighted by molar-refractivity contribution is 0.0614. The van der Waals surface area contributed by atoms with E-state index in [0.717, 1.165) is 46.1 Å². The van der Waals surface area contributed by atoms with Crippen LogP contribution in [0.3, 0.4) is 0 Å². The van der Waals surface area contributed by atoms with Crippen LogP contribution in [0.15, 0.2) is 85.2 Å². The fourth-order valence-corrected chi connectivity index (χ4v) is 4.69. The number of hydrogen-bond donors (Lipinski definition) is 0. The summed E-state index contributed by atoms with van der Waals surface area (Å²) in [6.45, 7) is 0.625. The molecule has 1 aromatic heterocycles. The first-order valence-corrected chi connectivity index (χ1v) is 11.4. The molecule has 5 rings (SSSR count). The molecule has 4 aromatic rings. The number of nitrogens with zero attached hydrogens (tertiary/aromatic N) is 3. The van der Waals surface area contributed by atoms with Crippen LogP contribution >= 0.6 is 0 Å². The summed E-state index contributed by atoms with van der Waals surface area (Å²) in [6.07, 6.45) is 9.27. The van der Waals surface area contributed by atoms with E-state index in [1.807, 2.05) is 36.4 Å². The van der Waals surface area contributed by atoms with Crippen LogP contribution in [-0.2, 0) is 6.54 Å². The molecule has 1 heterocycles. The molecular weight excluding hydrogens is 394 g/mol. The number of fused-ring (bicyclic) bond motifs is 1. The first-order valence-electron chi connectivity index (χ1n) is 11.4. The molecule has 0 unspecified atom stereocenters. The topological polar surface area (TPSA) is 46.1 Å². The maximum atomic E-state index is 13.5. The van der Waals surface area contributed by atoms with E-state index in [0.29, 0.717) is 12.6 Å². The monoisotopic (exact) mass is 421 g/mol. The molecule has 32 heavy (non-hydrogen) atoms. The van der Waals surface area contributed by atoms with Gasteiger partial charge in [0.2, 0.25) is 0 Å². The molecule has 4 nitrogen and oxygen atoms in total. The maximum Gasteiger partial charge on any atom is 0.254 e. The van der Waals surface area contributed by atoms with Gasteiger partial charge in [0.15, 0.2) is 0 Å². The van der Waals surface area contributed by atoms with Crippen molar-refractivity contribution in [3.05, 3.63) is 96.3 Å². The van der Waals surface area contributed by atoms with Crippen LogP contribution in [0, 0.1) is 0 Å². The highest BCUT2D eigenvalue weighted by Gasteiger charge is 2.26. The lowest BCUT2D eigenvalue weighted by atomic mass is 9.93. The Kier molecular flexibility index (Phi) is 5.93. The third kappa shape index (κ3) is 4.40. The number of benzene rings is 3. The summed E-state index contributed by atoms with van der Waals surface area (Å²) in [5.74, 6) is 0.129. The minimum Gasteiger partial charge on any atom is -0.331 e. The van der Waals surface area contributed by atoms with E-state index in [9.17, 15) is 4.79 Å². The first-order chi connectivity index (χ1) is 15.8. The van der Waals surface area contributed by atoms with Crippen LogP contribution in [0.25, 0.3) is 22.2 Å². The number of carbonyl (C=O) groups is 1. The lowest BCUT2D eigenvalue weighted by Gasteiger charge is -2.34. The average molecular weight is 422 g/mol. The molecule has 1 amide bonds. The normalized spacial score (nSPS) is 14.4. The van der Waals surface area contributed by atoms with Gasteiger partial charge in [-0.15, -0.1) is 0 Å². The van der Waals surface area contributed by atoms with Crippen LogP contribution in [0.1, 0.15) is 48.0 Å². The summed E-state index contributed by atoms with van der Waals surface area (Å²) >= 11 is 0. The van der Waals surface area contributed by atoms with Gasteiger partial charge in [-0.1, -0.05) is 61.7 Å². The second-order valence-corrected chi connectivity index (χ2v) is 8.55. The van der Waals surface area contributed by atoms with Gasteiger partial charge in [-0.3, -0.25) is 14.8 Å². The summed E-state index contributed by atoms with van der Waals surface area (Å²) in [4.78, 5) is 24.4. The molecule has 0 atom stereocenters. The van der Waals surface area contributed by atoms with E-state index in [1.165, 1.54) is 19.3 Å². The maximum absolute atomic E-state index is 13.5. The van der Waals surface area contributed by atoms with E-state index < -0.39 is 0 Å². The van der Waals surface area contributed by atoms with Gasteiger partial charge in [-0.25, -0.2) is 0 Å². The average Bonchev–Trinajstić information content (AvgIpc) is 2.88. The Morgan fingerprint density at radius 2 is 1.53 bits per heavy atom. The zero-order valence-corrected chi connectivity index (χ0v) is 18.2. The summed E-state index contributed by atoms with van der Waals surface area (Å²) in [7, 11) is 0. The number of hydrogen-bond acceptors (Lipinski definition) is 3. The van der Waals surface area contributed by atoms with E-state index in [1.54, 1.807) is 12.4 Å². The third-order valence-electron chi connectivity index (χ3n) is 6.38. The highest BCUT2D eigenvalue weighted by Crippen LogP contribution is 2.28. The molecule has 0 N–H and O–H groups in total. The predicted octanol–water partition coefficient (Wildman–Crippen LogP) is 6.27. The van der Waals surface area contributed by atoms with Crippen LogP contribution in [-0.4, -0.2) is 26.8 Å². The van der Waals surface area contributed by atoms with Gasteiger partial charge < -0.3 is 4.90 Å². The van der Waals surface area contributed by atoms with E-state index in [-0.39, 0.29) is 5.91 Å². The Morgan fingerprint density at radius 3 is 2.34 bits per heavy atom. The van der Waals surface area contributed by atoms with E-state index in [4.69, 9.17) is 0 Å². The molecule has 0 radical (unpaired) electrons. The van der Waals surface area contributed by atoms with Crippen molar-refractivity contribution in [2.24, 2.45) is 0 Å². The first kappa shape index (κ1) is 20.4. The molecule has 1 aliphatic rings. The predicted molar refractivity (Wildman–Crippen MR) is 128 cm³/mol. The smallest absolute Gasteiger partial charge is 0.254 e. The van der Waals surface area contributed by atoms with Gasteiger partial charge in [0, 0.05) is 30.5 Å². The fourth-order valence-electron chi connectivity index (χ4n) is 4.69. The Morgan fingerprint density at radius 1 is 0.781 bits per heavy atom. The lowest BCUT2D eigenvalue weighted by Crippen LogP contribution is -2.41. The van der Waals surface area contributed by atoms with Crippen molar-refractivity contribution in [3.8, 4) is 11.1 Å². The van der Waals surface area contributed by atoms with Crippen LogP contribution in [0.2, 0.25) is 0 Å². The summed E-state index contributed by atoms with van der Waals surface area (Å²) in [5, 5.41) is 0. The molecule has 1 saturated carbocycles. The van der Waals surface area contributed by atoms with Gasteiger partial charge in [-0.2, -0.15) is 0 Å². The van der Waals surface area contributed by atoms with Gasteiger partial charge in [-0.05, 0) is 59.9 Å². The van der Waals surface area contributed by atoms with E-state index in [2.05, 4.69) is 51.3 Å². The molecule has 0 bridgehead atoms. The van der Waals surface area contributed by atoms with Gasteiger partial charge >= 0.3 is 0 Å². The minimum atomic E-state index is 0.129. The number of amides is 1. The highest BCUT2D eigenvalue weighted by molar-refractivity contribution is 5.94. The van der Waals surface area contributed by atoms with Crippen molar-refractivity contribution in [2.45, 2.75) is 44.7 Å². The van der Waals surface area contributed by atoms with Crippen molar-refractivity contribution in [1.29, 1.82) is 0 Å². The van der Waals surface area contributed by atoms with Crippen molar-refractivity contribution in [1.82, 2.24) is 14.9 Å². The fraction of sp³-hybridized carbons (Fsp3) is 0.250. The van der Waals surface area contributed by atoms with Crippen LogP contribution < -0.4 is 0 Å². The zero-order chi connectivity index (χ0) is 21.8. The third-order valence-corrected chi connectivity index (χ3v) is 6.38. The van der Waals surface area contributed by atoms with Gasteiger partial charge in [0.1, 0.15) is 0 Å². The molecule has 4 heteroatoms. The van der Waals surface area contributed by atoms with Gasteiger partial charge in [0.05, 0.1) is 11.0 Å². The highest BCUT2D eigenvalue weighted by atomic mass is 16.2. The Bertz CT molecular complexity index is 1220. The summed E-state index contributed by atoms with van der Waals surface area (Å²) in [5.41, 5.74) is 5.94. The number of aromatic nitrogens is 2. The SMILES string of the molecule is O=C(c1ccccc1)N(Cc1cccc(-c2ccc3nccnc3c2)c1)C1CCCCC1. The second kappa shape index (κ2) is 9.31. The standard InChI is InChI=1S/C28H27N3O/c32-28(22-9-3-1-4-10-22)31(25-12-5-2-6-13-25)20-21-8-7-11-23(18-21)24-14-15-26-27(19-24)30-17-16-29-26/h1,3-4,7-11,14-19,25H,2,5-6,12-13,20H2. The quantitative estimate of drug-likeness (QED) is 0.381.